The van der Waals surface area contributed by atoms with E-state index in [2.05, 4.69) is 20.8 Å². The first-order valence-corrected chi connectivity index (χ1v) is 8.15. The molecular weight excluding hydrogens is 300 g/mol. The molecule has 1 aromatic carbocycles. The molecule has 0 saturated heterocycles. The van der Waals surface area contributed by atoms with Gasteiger partial charge in [0.05, 0.1) is 13.0 Å². The Morgan fingerprint density at radius 2 is 2.05 bits per heavy atom. The van der Waals surface area contributed by atoms with Crippen molar-refractivity contribution in [3.05, 3.63) is 34.4 Å². The van der Waals surface area contributed by atoms with Crippen molar-refractivity contribution >= 4 is 23.1 Å². The lowest BCUT2D eigenvalue weighted by Crippen LogP contribution is -2.03. The van der Waals surface area contributed by atoms with E-state index in [4.69, 9.17) is 21.4 Å². The molecule has 0 aliphatic rings. The summed E-state index contributed by atoms with van der Waals surface area (Å²) < 4.78 is 5.87. The maximum Gasteiger partial charge on any atom is 0.307 e. The van der Waals surface area contributed by atoms with Gasteiger partial charge in [-0.2, -0.15) is 0 Å². The zero-order valence-corrected chi connectivity index (χ0v) is 14.5. The van der Waals surface area contributed by atoms with Crippen LogP contribution < -0.4 is 4.74 Å². The number of halogens is 1. The second-order valence-corrected chi connectivity index (χ2v) is 5.97. The topological polar surface area (TPSA) is 46.5 Å². The van der Waals surface area contributed by atoms with Crippen molar-refractivity contribution in [1.29, 1.82) is 0 Å². The number of carboxylic acid groups (broad SMARTS) is 1. The Kier molecular flexibility index (Phi) is 7.46. The van der Waals surface area contributed by atoms with Crippen LogP contribution in [0.2, 0.25) is 5.02 Å². The lowest BCUT2D eigenvalue weighted by Gasteiger charge is -2.20. The largest absolute Gasteiger partial charge is 0.493 e. The molecule has 22 heavy (non-hydrogen) atoms. The van der Waals surface area contributed by atoms with Crippen LogP contribution in [0, 0.1) is 0 Å². The second-order valence-electron chi connectivity index (χ2n) is 5.54. The van der Waals surface area contributed by atoms with E-state index in [9.17, 15) is 4.79 Å². The van der Waals surface area contributed by atoms with Crippen LogP contribution in [0.15, 0.2) is 18.2 Å². The summed E-state index contributed by atoms with van der Waals surface area (Å²) in [7, 11) is 0. The molecule has 4 heteroatoms. The van der Waals surface area contributed by atoms with Crippen molar-refractivity contribution in [3.63, 3.8) is 0 Å². The zero-order chi connectivity index (χ0) is 16.7. The van der Waals surface area contributed by atoms with Crippen LogP contribution in [-0.2, 0) is 4.79 Å². The molecule has 0 radical (unpaired) electrons. The van der Waals surface area contributed by atoms with Gasteiger partial charge >= 0.3 is 5.97 Å². The van der Waals surface area contributed by atoms with Crippen molar-refractivity contribution in [2.24, 2.45) is 0 Å². The molecule has 0 aliphatic heterocycles. The smallest absolute Gasteiger partial charge is 0.307 e. The summed E-state index contributed by atoms with van der Waals surface area (Å²) in [6, 6.07) is 3.81. The SMILES string of the molecule is CCC/C(=C\CC(=O)O)c1cc(Cl)cc(C(C)C)c1OCC. The predicted octanol–water partition coefficient (Wildman–Crippen LogP) is 5.52. The van der Waals surface area contributed by atoms with Crippen LogP contribution in [0.25, 0.3) is 5.57 Å². The van der Waals surface area contributed by atoms with Gasteiger partial charge in [-0.1, -0.05) is 44.9 Å². The molecule has 0 heterocycles. The van der Waals surface area contributed by atoms with Crippen molar-refractivity contribution in [2.75, 3.05) is 6.61 Å². The number of carbonyl (C=O) groups is 1. The van der Waals surface area contributed by atoms with Gasteiger partial charge in [0.15, 0.2) is 0 Å². The fraction of sp³-hybridized carbons (Fsp3) is 0.500. The Morgan fingerprint density at radius 1 is 1.36 bits per heavy atom. The lowest BCUT2D eigenvalue weighted by molar-refractivity contribution is -0.135. The Morgan fingerprint density at radius 3 is 2.55 bits per heavy atom. The zero-order valence-electron chi connectivity index (χ0n) is 13.8. The van der Waals surface area contributed by atoms with Crippen molar-refractivity contribution in [2.45, 2.75) is 52.9 Å². The molecule has 0 spiro atoms. The Bertz CT molecular complexity index is 548. The summed E-state index contributed by atoms with van der Waals surface area (Å²) in [6.07, 6.45) is 3.50. The summed E-state index contributed by atoms with van der Waals surface area (Å²) in [5.41, 5.74) is 2.96. The highest BCUT2D eigenvalue weighted by molar-refractivity contribution is 6.31. The summed E-state index contributed by atoms with van der Waals surface area (Å²) in [6.45, 7) is 8.77. The molecule has 3 nitrogen and oxygen atoms in total. The van der Waals surface area contributed by atoms with E-state index >= 15 is 0 Å². The number of aliphatic carboxylic acids is 1. The Hall–Kier alpha value is -1.48. The average molecular weight is 325 g/mol. The van der Waals surface area contributed by atoms with Crippen LogP contribution >= 0.6 is 11.6 Å². The molecule has 122 valence electrons. The molecule has 0 unspecified atom stereocenters. The molecule has 1 rings (SSSR count). The minimum absolute atomic E-state index is 0.00439. The molecule has 0 saturated carbocycles. The predicted molar refractivity (Wildman–Crippen MR) is 91.8 cm³/mol. The van der Waals surface area contributed by atoms with Gasteiger partial charge in [0.2, 0.25) is 0 Å². The minimum atomic E-state index is -0.835. The maximum absolute atomic E-state index is 10.9. The number of rotatable bonds is 8. The van der Waals surface area contributed by atoms with Crippen molar-refractivity contribution in [3.8, 4) is 5.75 Å². The number of ether oxygens (including phenoxy) is 1. The van der Waals surface area contributed by atoms with Crippen molar-refractivity contribution in [1.82, 2.24) is 0 Å². The van der Waals surface area contributed by atoms with Gasteiger partial charge < -0.3 is 9.84 Å². The van der Waals surface area contributed by atoms with Crippen LogP contribution in [-0.4, -0.2) is 17.7 Å². The van der Waals surface area contributed by atoms with Crippen molar-refractivity contribution < 1.29 is 14.6 Å². The summed E-state index contributed by atoms with van der Waals surface area (Å²) in [5, 5.41) is 9.60. The fourth-order valence-corrected chi connectivity index (χ4v) is 2.64. The maximum atomic E-state index is 10.9. The normalized spacial score (nSPS) is 11.8. The molecule has 0 fully saturated rings. The van der Waals surface area contributed by atoms with Crippen LogP contribution in [0.4, 0.5) is 0 Å². The molecule has 1 N–H and O–H groups in total. The third-order valence-electron chi connectivity index (χ3n) is 3.38. The van der Waals surface area contributed by atoms with Gasteiger partial charge in [0.1, 0.15) is 5.75 Å². The number of benzene rings is 1. The second kappa shape index (κ2) is 8.84. The molecule has 0 atom stereocenters. The Labute approximate surface area is 137 Å². The lowest BCUT2D eigenvalue weighted by atomic mass is 9.93. The van der Waals surface area contributed by atoms with Crippen LogP contribution in [0.1, 0.15) is 64.0 Å². The molecular formula is C18H25ClO3. The number of hydrogen-bond donors (Lipinski definition) is 1. The molecule has 0 aromatic heterocycles. The van der Waals surface area contributed by atoms with Gasteiger partial charge in [0, 0.05) is 10.6 Å². The minimum Gasteiger partial charge on any atom is -0.493 e. The number of hydrogen-bond acceptors (Lipinski definition) is 2. The standard InChI is InChI=1S/C18H25ClO3/c1-5-7-13(8-9-17(20)21)16-11-14(19)10-15(12(3)4)18(16)22-6-2/h8,10-12H,5-7,9H2,1-4H3,(H,20,21)/b13-8+. The first-order valence-electron chi connectivity index (χ1n) is 7.78. The molecule has 0 bridgehead atoms. The van der Waals surface area contributed by atoms with E-state index in [0.717, 1.165) is 35.3 Å². The quantitative estimate of drug-likeness (QED) is 0.684. The first kappa shape index (κ1) is 18.6. The van der Waals surface area contributed by atoms with Gasteiger partial charge in [-0.3, -0.25) is 4.79 Å². The van der Waals surface area contributed by atoms with Crippen LogP contribution in [0.3, 0.4) is 0 Å². The van der Waals surface area contributed by atoms with E-state index < -0.39 is 5.97 Å². The number of carboxylic acids is 1. The van der Waals surface area contributed by atoms with E-state index in [1.54, 1.807) is 6.08 Å². The molecule has 1 aromatic rings. The van der Waals surface area contributed by atoms with E-state index in [-0.39, 0.29) is 12.3 Å². The van der Waals surface area contributed by atoms with E-state index in [1.807, 2.05) is 19.1 Å². The van der Waals surface area contributed by atoms with E-state index in [1.165, 1.54) is 0 Å². The van der Waals surface area contributed by atoms with Gasteiger partial charge in [-0.05, 0) is 42.5 Å². The highest BCUT2D eigenvalue weighted by atomic mass is 35.5. The van der Waals surface area contributed by atoms with Gasteiger partial charge in [-0.25, -0.2) is 0 Å². The average Bonchev–Trinajstić information content (AvgIpc) is 2.44. The Balaban J connectivity index is 3.45. The highest BCUT2D eigenvalue weighted by Crippen LogP contribution is 2.38. The summed E-state index contributed by atoms with van der Waals surface area (Å²) >= 11 is 6.27. The summed E-state index contributed by atoms with van der Waals surface area (Å²) in [5.74, 6) is 0.269. The van der Waals surface area contributed by atoms with Crippen LogP contribution in [0.5, 0.6) is 5.75 Å². The summed E-state index contributed by atoms with van der Waals surface area (Å²) in [4.78, 5) is 10.9. The first-order chi connectivity index (χ1) is 10.4. The fourth-order valence-electron chi connectivity index (χ4n) is 2.41. The van der Waals surface area contributed by atoms with E-state index in [0.29, 0.717) is 11.6 Å². The molecule has 0 aliphatic carbocycles. The van der Waals surface area contributed by atoms with Gasteiger partial charge in [-0.15, -0.1) is 0 Å². The monoisotopic (exact) mass is 324 g/mol. The third kappa shape index (κ3) is 5.06. The van der Waals surface area contributed by atoms with Gasteiger partial charge in [0.25, 0.3) is 0 Å². The third-order valence-corrected chi connectivity index (χ3v) is 3.60. The molecule has 0 amide bonds. The highest BCUT2D eigenvalue weighted by Gasteiger charge is 2.17. The number of allylic oxidation sites excluding steroid dienone is 1.